The summed E-state index contributed by atoms with van der Waals surface area (Å²) in [6.07, 6.45) is 0.607. The van der Waals surface area contributed by atoms with Gasteiger partial charge in [-0.3, -0.25) is 4.79 Å². The van der Waals surface area contributed by atoms with Gasteiger partial charge in [0.25, 0.3) is 0 Å². The fraction of sp³-hybridized carbons (Fsp3) is 0.111. The molecule has 122 valence electrons. The zero-order chi connectivity index (χ0) is 17.3. The molecule has 0 amide bonds. The minimum absolute atomic E-state index is 0.177. The fourth-order valence-corrected chi connectivity index (χ4v) is 2.44. The number of Topliss-reactive ketones (excluding diaryl/α,β-unsaturated/α-hetero) is 1. The van der Waals surface area contributed by atoms with Gasteiger partial charge in [-0.05, 0) is 42.8 Å². The van der Waals surface area contributed by atoms with Gasteiger partial charge >= 0.3 is 5.97 Å². The van der Waals surface area contributed by atoms with Crippen molar-refractivity contribution in [1.29, 1.82) is 0 Å². The van der Waals surface area contributed by atoms with E-state index in [-0.39, 0.29) is 11.5 Å². The van der Waals surface area contributed by atoms with Crippen molar-refractivity contribution in [1.82, 2.24) is 0 Å². The first kappa shape index (κ1) is 16.1. The molecule has 0 aromatic heterocycles. The van der Waals surface area contributed by atoms with E-state index in [0.29, 0.717) is 22.1 Å². The van der Waals surface area contributed by atoms with Crippen LogP contribution in [0.4, 0.5) is 0 Å². The standard InChI is InChI=1S/C18H13ClO5/c1-10(18(21)22)23-13-5-6-14-15(9-13)24-16(17(14)20)8-11-3-2-4-12(19)7-11/h2-10H,1H3,(H,21,22)/b16-8-/t10-/m1/s1. The lowest BCUT2D eigenvalue weighted by Crippen LogP contribution is -2.22. The summed E-state index contributed by atoms with van der Waals surface area (Å²) in [5.74, 6) is -0.489. The highest BCUT2D eigenvalue weighted by Gasteiger charge is 2.28. The lowest BCUT2D eigenvalue weighted by molar-refractivity contribution is -0.144. The van der Waals surface area contributed by atoms with Crippen LogP contribution in [0.1, 0.15) is 22.8 Å². The maximum Gasteiger partial charge on any atom is 0.344 e. The monoisotopic (exact) mass is 344 g/mol. The number of carbonyl (C=O) groups excluding carboxylic acids is 1. The van der Waals surface area contributed by atoms with Crippen LogP contribution < -0.4 is 9.47 Å². The van der Waals surface area contributed by atoms with Gasteiger partial charge in [-0.2, -0.15) is 0 Å². The first-order valence-electron chi connectivity index (χ1n) is 7.17. The molecule has 0 aliphatic carbocycles. The number of ketones is 1. The summed E-state index contributed by atoms with van der Waals surface area (Å²) < 4.78 is 10.9. The van der Waals surface area contributed by atoms with Gasteiger partial charge in [-0.25, -0.2) is 4.79 Å². The first-order chi connectivity index (χ1) is 11.4. The molecule has 1 aliphatic rings. The summed E-state index contributed by atoms with van der Waals surface area (Å²) >= 11 is 5.93. The average molecular weight is 345 g/mol. The van der Waals surface area contributed by atoms with Crippen molar-refractivity contribution in [3.05, 3.63) is 64.4 Å². The number of fused-ring (bicyclic) bond motifs is 1. The van der Waals surface area contributed by atoms with E-state index in [1.807, 2.05) is 6.07 Å². The lowest BCUT2D eigenvalue weighted by atomic mass is 10.1. The summed E-state index contributed by atoms with van der Waals surface area (Å²) in [4.78, 5) is 23.2. The zero-order valence-corrected chi connectivity index (χ0v) is 13.4. The molecule has 1 aliphatic heterocycles. The van der Waals surface area contributed by atoms with Crippen LogP contribution in [0.5, 0.6) is 11.5 Å². The molecule has 0 fully saturated rings. The quantitative estimate of drug-likeness (QED) is 0.854. The second-order valence-electron chi connectivity index (χ2n) is 5.25. The van der Waals surface area contributed by atoms with Gasteiger partial charge in [0.1, 0.15) is 11.5 Å². The van der Waals surface area contributed by atoms with E-state index < -0.39 is 12.1 Å². The van der Waals surface area contributed by atoms with Gasteiger partial charge in [0, 0.05) is 11.1 Å². The maximum absolute atomic E-state index is 12.4. The number of carbonyl (C=O) groups is 2. The second kappa shape index (κ2) is 6.37. The van der Waals surface area contributed by atoms with Crippen molar-refractivity contribution in [2.75, 3.05) is 0 Å². The van der Waals surface area contributed by atoms with Crippen molar-refractivity contribution >= 4 is 29.4 Å². The predicted molar refractivity (Wildman–Crippen MR) is 88.6 cm³/mol. The molecule has 6 heteroatoms. The largest absolute Gasteiger partial charge is 0.479 e. The minimum atomic E-state index is -1.07. The molecule has 24 heavy (non-hydrogen) atoms. The number of ether oxygens (including phenoxy) is 2. The number of hydrogen-bond donors (Lipinski definition) is 1. The van der Waals surface area contributed by atoms with Crippen molar-refractivity contribution < 1.29 is 24.2 Å². The van der Waals surface area contributed by atoms with Crippen LogP contribution in [0.15, 0.2) is 48.2 Å². The maximum atomic E-state index is 12.4. The van der Waals surface area contributed by atoms with Gasteiger partial charge in [0.2, 0.25) is 5.78 Å². The minimum Gasteiger partial charge on any atom is -0.479 e. The first-order valence-corrected chi connectivity index (χ1v) is 7.55. The molecule has 0 unspecified atom stereocenters. The Hall–Kier alpha value is -2.79. The van der Waals surface area contributed by atoms with Gasteiger partial charge in [-0.15, -0.1) is 0 Å². The normalized spacial score (nSPS) is 15.8. The third-order valence-corrected chi connectivity index (χ3v) is 3.68. The van der Waals surface area contributed by atoms with Crippen LogP contribution in [0, 0.1) is 0 Å². The van der Waals surface area contributed by atoms with Crippen molar-refractivity contribution in [2.45, 2.75) is 13.0 Å². The van der Waals surface area contributed by atoms with Gasteiger partial charge in [0.05, 0.1) is 5.56 Å². The molecule has 0 saturated heterocycles. The predicted octanol–water partition coefficient (Wildman–Crippen LogP) is 3.81. The van der Waals surface area contributed by atoms with E-state index in [9.17, 15) is 9.59 Å². The Labute approximate surface area is 143 Å². The van der Waals surface area contributed by atoms with E-state index in [1.54, 1.807) is 36.4 Å². The van der Waals surface area contributed by atoms with Crippen LogP contribution >= 0.6 is 11.6 Å². The molecular formula is C18H13ClO5. The average Bonchev–Trinajstić information content (AvgIpc) is 2.83. The number of allylic oxidation sites excluding steroid dienone is 1. The summed E-state index contributed by atoms with van der Waals surface area (Å²) in [5.41, 5.74) is 1.15. The molecular weight excluding hydrogens is 332 g/mol. The number of aliphatic carboxylic acids is 1. The Morgan fingerprint density at radius 2 is 2.08 bits per heavy atom. The highest BCUT2D eigenvalue weighted by molar-refractivity contribution is 6.30. The molecule has 0 radical (unpaired) electrons. The Kier molecular flexibility index (Phi) is 4.27. The molecule has 0 saturated carbocycles. The molecule has 5 nitrogen and oxygen atoms in total. The fourth-order valence-electron chi connectivity index (χ4n) is 2.24. The Balaban J connectivity index is 1.86. The van der Waals surface area contributed by atoms with E-state index in [0.717, 1.165) is 5.56 Å². The molecule has 2 aromatic rings. The van der Waals surface area contributed by atoms with Crippen LogP contribution in [-0.2, 0) is 4.79 Å². The van der Waals surface area contributed by atoms with E-state index in [2.05, 4.69) is 0 Å². The topological polar surface area (TPSA) is 72.8 Å². The lowest BCUT2D eigenvalue weighted by Gasteiger charge is -2.10. The van der Waals surface area contributed by atoms with Gasteiger partial charge in [0.15, 0.2) is 11.9 Å². The molecule has 1 heterocycles. The molecule has 0 spiro atoms. The van der Waals surface area contributed by atoms with Crippen LogP contribution in [0.25, 0.3) is 6.08 Å². The number of carboxylic acid groups (broad SMARTS) is 1. The summed E-state index contributed by atoms with van der Waals surface area (Å²) in [6, 6.07) is 11.6. The highest BCUT2D eigenvalue weighted by atomic mass is 35.5. The third kappa shape index (κ3) is 3.26. The molecule has 2 aromatic carbocycles. The SMILES string of the molecule is C[C@@H](Oc1ccc2c(c1)O/C(=C\c1cccc(Cl)c1)C2=O)C(=O)O. The Morgan fingerprint density at radius 3 is 2.79 bits per heavy atom. The second-order valence-corrected chi connectivity index (χ2v) is 5.69. The Bertz CT molecular complexity index is 856. The van der Waals surface area contributed by atoms with E-state index in [4.69, 9.17) is 26.2 Å². The Morgan fingerprint density at radius 1 is 1.29 bits per heavy atom. The summed E-state index contributed by atoms with van der Waals surface area (Å²) in [7, 11) is 0. The summed E-state index contributed by atoms with van der Waals surface area (Å²) in [6.45, 7) is 1.42. The van der Waals surface area contributed by atoms with Crippen LogP contribution in [0.3, 0.4) is 0 Å². The van der Waals surface area contributed by atoms with E-state index in [1.165, 1.54) is 13.0 Å². The number of hydrogen-bond acceptors (Lipinski definition) is 4. The number of rotatable bonds is 4. The van der Waals surface area contributed by atoms with Crippen LogP contribution in [-0.4, -0.2) is 23.0 Å². The number of benzene rings is 2. The number of halogens is 1. The third-order valence-electron chi connectivity index (χ3n) is 3.45. The molecule has 0 bridgehead atoms. The van der Waals surface area contributed by atoms with Crippen molar-refractivity contribution in [2.24, 2.45) is 0 Å². The summed E-state index contributed by atoms with van der Waals surface area (Å²) in [5, 5.41) is 9.44. The van der Waals surface area contributed by atoms with E-state index >= 15 is 0 Å². The zero-order valence-electron chi connectivity index (χ0n) is 12.7. The smallest absolute Gasteiger partial charge is 0.344 e. The highest BCUT2D eigenvalue weighted by Crippen LogP contribution is 2.35. The van der Waals surface area contributed by atoms with Crippen LogP contribution in [0.2, 0.25) is 5.02 Å². The van der Waals surface area contributed by atoms with Gasteiger partial charge in [-0.1, -0.05) is 23.7 Å². The molecule has 1 atom stereocenters. The molecule has 1 N–H and O–H groups in total. The number of carboxylic acids is 1. The van der Waals surface area contributed by atoms with Crippen molar-refractivity contribution in [3.63, 3.8) is 0 Å². The van der Waals surface area contributed by atoms with Gasteiger partial charge < -0.3 is 14.6 Å². The van der Waals surface area contributed by atoms with Crippen molar-refractivity contribution in [3.8, 4) is 11.5 Å². The molecule has 3 rings (SSSR count).